The first kappa shape index (κ1) is 17.3. The summed E-state index contributed by atoms with van der Waals surface area (Å²) in [5, 5.41) is 8.92. The molecule has 136 valence electrons. The van der Waals surface area contributed by atoms with Gasteiger partial charge in [-0.25, -0.2) is 4.98 Å². The normalized spacial score (nSPS) is 18.5. The number of aryl methyl sites for hydroxylation is 2. The average molecular weight is 369 g/mol. The van der Waals surface area contributed by atoms with Gasteiger partial charge in [0.2, 0.25) is 4.96 Å². The van der Waals surface area contributed by atoms with E-state index in [0.29, 0.717) is 11.0 Å². The van der Waals surface area contributed by atoms with E-state index in [0.717, 1.165) is 43.3 Å². The first-order chi connectivity index (χ1) is 12.6. The zero-order chi connectivity index (χ0) is 18.1. The highest BCUT2D eigenvalue weighted by Gasteiger charge is 2.25. The molecule has 6 nitrogen and oxygen atoms in total. The zero-order valence-electron chi connectivity index (χ0n) is 15.1. The summed E-state index contributed by atoms with van der Waals surface area (Å²) < 4.78 is 1.42. The molecule has 0 amide bonds. The molecule has 26 heavy (non-hydrogen) atoms. The molecule has 0 bridgehead atoms. The van der Waals surface area contributed by atoms with Gasteiger partial charge in [-0.15, -0.1) is 0 Å². The predicted octanol–water partition coefficient (Wildman–Crippen LogP) is 2.17. The maximum atomic E-state index is 12.1. The van der Waals surface area contributed by atoms with Crippen LogP contribution in [0.3, 0.4) is 0 Å². The van der Waals surface area contributed by atoms with Crippen LogP contribution in [0.15, 0.2) is 35.1 Å². The van der Waals surface area contributed by atoms with Crippen molar-refractivity contribution in [1.29, 1.82) is 0 Å². The minimum absolute atomic E-state index is 0.109. The third-order valence-electron chi connectivity index (χ3n) is 4.88. The highest BCUT2D eigenvalue weighted by molar-refractivity contribution is 7.16. The number of hydrogen-bond donors (Lipinski definition) is 1. The number of benzene rings is 1. The van der Waals surface area contributed by atoms with Gasteiger partial charge in [-0.2, -0.15) is 9.61 Å². The summed E-state index contributed by atoms with van der Waals surface area (Å²) in [5.74, 6) is 0. The second-order valence-corrected chi connectivity index (χ2v) is 7.75. The van der Waals surface area contributed by atoms with Gasteiger partial charge in [0.15, 0.2) is 0 Å². The largest absolute Gasteiger partial charge is 0.314 e. The molecule has 1 unspecified atom stereocenters. The second kappa shape index (κ2) is 7.26. The number of piperazine rings is 1. The molecule has 0 aliphatic carbocycles. The van der Waals surface area contributed by atoms with Crippen molar-refractivity contribution < 1.29 is 0 Å². The molecule has 7 heteroatoms. The molecule has 3 aromatic rings. The van der Waals surface area contributed by atoms with Gasteiger partial charge in [-0.05, 0) is 24.5 Å². The van der Waals surface area contributed by atoms with Gasteiger partial charge in [0.25, 0.3) is 5.56 Å². The predicted molar refractivity (Wildman–Crippen MR) is 104 cm³/mol. The minimum atomic E-state index is -0.109. The van der Waals surface area contributed by atoms with Crippen molar-refractivity contribution in [3.8, 4) is 0 Å². The number of nitrogens with one attached hydrogen (secondary N) is 1. The van der Waals surface area contributed by atoms with Crippen LogP contribution >= 0.6 is 11.3 Å². The van der Waals surface area contributed by atoms with E-state index >= 15 is 0 Å². The van der Waals surface area contributed by atoms with E-state index in [1.807, 2.05) is 6.92 Å². The van der Waals surface area contributed by atoms with E-state index in [1.54, 1.807) is 0 Å². The summed E-state index contributed by atoms with van der Waals surface area (Å²) >= 11 is 1.50. The maximum absolute atomic E-state index is 12.1. The Labute approximate surface area is 156 Å². The van der Waals surface area contributed by atoms with E-state index in [9.17, 15) is 4.79 Å². The van der Waals surface area contributed by atoms with Crippen molar-refractivity contribution in [2.45, 2.75) is 32.9 Å². The number of hydrogen-bond acceptors (Lipinski definition) is 6. The van der Waals surface area contributed by atoms with Crippen LogP contribution in [0.5, 0.6) is 0 Å². The van der Waals surface area contributed by atoms with E-state index in [2.05, 4.69) is 51.5 Å². The monoisotopic (exact) mass is 369 g/mol. The van der Waals surface area contributed by atoms with Gasteiger partial charge in [0.1, 0.15) is 5.01 Å². The second-order valence-electron chi connectivity index (χ2n) is 6.71. The Morgan fingerprint density at radius 1 is 1.31 bits per heavy atom. The Morgan fingerprint density at radius 2 is 2.12 bits per heavy atom. The molecule has 1 N–H and O–H groups in total. The van der Waals surface area contributed by atoms with Crippen molar-refractivity contribution in [3.63, 3.8) is 0 Å². The van der Waals surface area contributed by atoms with Gasteiger partial charge in [-0.1, -0.05) is 42.5 Å². The summed E-state index contributed by atoms with van der Waals surface area (Å²) in [6.45, 7) is 7.59. The van der Waals surface area contributed by atoms with Crippen molar-refractivity contribution in [1.82, 2.24) is 24.8 Å². The van der Waals surface area contributed by atoms with E-state index in [4.69, 9.17) is 0 Å². The fraction of sp³-hybridized carbons (Fsp3) is 0.421. The van der Waals surface area contributed by atoms with Crippen LogP contribution in [0.25, 0.3) is 4.96 Å². The van der Waals surface area contributed by atoms with Crippen LogP contribution in [-0.4, -0.2) is 39.1 Å². The molecule has 1 aliphatic heterocycles. The maximum Gasteiger partial charge on any atom is 0.275 e. The average Bonchev–Trinajstić information content (AvgIpc) is 3.05. The van der Waals surface area contributed by atoms with Crippen molar-refractivity contribution >= 4 is 16.3 Å². The Hall–Kier alpha value is -2.09. The van der Waals surface area contributed by atoms with Gasteiger partial charge in [-0.3, -0.25) is 9.69 Å². The van der Waals surface area contributed by atoms with Crippen LogP contribution in [0.4, 0.5) is 0 Å². The molecule has 2 aromatic heterocycles. The summed E-state index contributed by atoms with van der Waals surface area (Å²) in [7, 11) is 0. The van der Waals surface area contributed by atoms with Gasteiger partial charge >= 0.3 is 0 Å². The van der Waals surface area contributed by atoms with Crippen molar-refractivity contribution in [2.75, 3.05) is 19.6 Å². The summed E-state index contributed by atoms with van der Waals surface area (Å²) in [6, 6.07) is 10.7. The van der Waals surface area contributed by atoms with Gasteiger partial charge in [0, 0.05) is 37.4 Å². The fourth-order valence-electron chi connectivity index (χ4n) is 3.44. The molecule has 0 radical (unpaired) electrons. The fourth-order valence-corrected chi connectivity index (χ4v) is 4.41. The number of aromatic nitrogens is 3. The van der Waals surface area contributed by atoms with Gasteiger partial charge < -0.3 is 5.32 Å². The van der Waals surface area contributed by atoms with Crippen LogP contribution in [0.2, 0.25) is 0 Å². The molecule has 4 rings (SSSR count). The number of fused-ring (bicyclic) bond motifs is 1. The topological polar surface area (TPSA) is 62.5 Å². The standard InChI is InChI=1S/C19H23N5OS/c1-3-14-4-6-15(7-5-14)16-11-20-8-9-23(16)12-17-22-24-18(25)10-13(2)21-19(24)26-17/h4-7,10,16,20H,3,8-9,11-12H2,1-2H3. The Morgan fingerprint density at radius 3 is 2.88 bits per heavy atom. The molecule has 0 spiro atoms. The van der Waals surface area contributed by atoms with Crippen molar-refractivity contribution in [2.24, 2.45) is 0 Å². The SMILES string of the molecule is CCc1ccc(C2CNCCN2Cc2nn3c(=O)cc(C)nc3s2)cc1. The highest BCUT2D eigenvalue weighted by Crippen LogP contribution is 2.25. The first-order valence-corrected chi connectivity index (χ1v) is 9.85. The Bertz CT molecular complexity index is 962. The van der Waals surface area contributed by atoms with E-state index < -0.39 is 0 Å². The minimum Gasteiger partial charge on any atom is -0.314 e. The molecule has 1 fully saturated rings. The molecular weight excluding hydrogens is 346 g/mol. The van der Waals surface area contributed by atoms with Gasteiger partial charge in [0.05, 0.1) is 6.54 Å². The van der Waals surface area contributed by atoms with Crippen LogP contribution in [-0.2, 0) is 13.0 Å². The lowest BCUT2D eigenvalue weighted by atomic mass is 10.0. The van der Waals surface area contributed by atoms with E-state index in [-0.39, 0.29) is 5.56 Å². The third-order valence-corrected chi connectivity index (χ3v) is 5.77. The molecule has 1 atom stereocenters. The highest BCUT2D eigenvalue weighted by atomic mass is 32.1. The Kier molecular flexibility index (Phi) is 4.84. The molecule has 3 heterocycles. The summed E-state index contributed by atoms with van der Waals surface area (Å²) in [6.07, 6.45) is 1.06. The lowest BCUT2D eigenvalue weighted by Gasteiger charge is -2.36. The van der Waals surface area contributed by atoms with E-state index in [1.165, 1.54) is 33.0 Å². The third kappa shape index (κ3) is 3.42. The molecule has 1 aliphatic rings. The molecule has 0 saturated carbocycles. The quantitative estimate of drug-likeness (QED) is 0.764. The van der Waals surface area contributed by atoms with Crippen LogP contribution in [0, 0.1) is 6.92 Å². The smallest absolute Gasteiger partial charge is 0.275 e. The summed E-state index contributed by atoms with van der Waals surface area (Å²) in [4.78, 5) is 19.6. The van der Waals surface area contributed by atoms with Crippen molar-refractivity contribution in [3.05, 3.63) is 62.5 Å². The molecule has 1 aromatic carbocycles. The lowest BCUT2D eigenvalue weighted by molar-refractivity contribution is 0.153. The zero-order valence-corrected chi connectivity index (χ0v) is 15.9. The summed E-state index contributed by atoms with van der Waals surface area (Å²) in [5.41, 5.74) is 3.31. The van der Waals surface area contributed by atoms with Crippen LogP contribution in [0.1, 0.15) is 34.8 Å². The first-order valence-electron chi connectivity index (χ1n) is 9.04. The Balaban J connectivity index is 1.60. The number of rotatable bonds is 4. The lowest BCUT2D eigenvalue weighted by Crippen LogP contribution is -2.45. The molecular formula is C19H23N5OS. The molecule has 1 saturated heterocycles. The van der Waals surface area contributed by atoms with Crippen LogP contribution < -0.4 is 10.9 Å². The number of nitrogens with zero attached hydrogens (tertiary/aromatic N) is 4.